The summed E-state index contributed by atoms with van der Waals surface area (Å²) >= 11 is 0. The van der Waals surface area contributed by atoms with Crippen LogP contribution >= 0.6 is 0 Å². The smallest absolute Gasteiger partial charge is 0.309 e. The van der Waals surface area contributed by atoms with Gasteiger partial charge in [0.25, 0.3) is 0 Å². The SMILES string of the molecule is COc1ccc(C[C@@](C)(O)CNC(=O)C(=O)NCc2ccc(F)cc2)cc1. The van der Waals surface area contributed by atoms with Gasteiger partial charge in [0.05, 0.1) is 12.7 Å². The molecule has 0 aliphatic rings. The molecular weight excluding hydrogens is 351 g/mol. The first kappa shape index (κ1) is 20.4. The molecule has 2 aromatic rings. The maximum atomic E-state index is 12.8. The Balaban J connectivity index is 1.79. The zero-order valence-electron chi connectivity index (χ0n) is 15.3. The first-order chi connectivity index (χ1) is 12.8. The van der Waals surface area contributed by atoms with E-state index in [1.165, 1.54) is 24.3 Å². The highest BCUT2D eigenvalue weighted by atomic mass is 19.1. The van der Waals surface area contributed by atoms with E-state index in [0.29, 0.717) is 17.7 Å². The van der Waals surface area contributed by atoms with E-state index in [1.807, 2.05) is 12.1 Å². The highest BCUT2D eigenvalue weighted by molar-refractivity contribution is 6.35. The molecule has 0 saturated heterocycles. The minimum absolute atomic E-state index is 0.0815. The van der Waals surface area contributed by atoms with E-state index in [0.717, 1.165) is 5.56 Å². The molecule has 0 fully saturated rings. The van der Waals surface area contributed by atoms with Crippen LogP contribution in [-0.4, -0.2) is 36.2 Å². The summed E-state index contributed by atoms with van der Waals surface area (Å²) in [4.78, 5) is 23.7. The average molecular weight is 374 g/mol. The Morgan fingerprint density at radius 3 is 2.15 bits per heavy atom. The van der Waals surface area contributed by atoms with Gasteiger partial charge in [0.1, 0.15) is 11.6 Å². The Labute approximate surface area is 157 Å². The van der Waals surface area contributed by atoms with Crippen LogP contribution in [0.2, 0.25) is 0 Å². The number of benzene rings is 2. The molecule has 2 aromatic carbocycles. The van der Waals surface area contributed by atoms with E-state index in [9.17, 15) is 19.1 Å². The summed E-state index contributed by atoms with van der Waals surface area (Å²) in [7, 11) is 1.57. The summed E-state index contributed by atoms with van der Waals surface area (Å²) in [6, 6.07) is 12.8. The highest BCUT2D eigenvalue weighted by Gasteiger charge is 2.23. The maximum Gasteiger partial charge on any atom is 0.309 e. The predicted octanol–water partition coefficient (Wildman–Crippen LogP) is 1.56. The Bertz CT molecular complexity index is 774. The van der Waals surface area contributed by atoms with Crippen LogP contribution in [-0.2, 0) is 22.6 Å². The molecule has 0 spiro atoms. The quantitative estimate of drug-likeness (QED) is 0.642. The van der Waals surface area contributed by atoms with Gasteiger partial charge in [-0.1, -0.05) is 24.3 Å². The molecule has 3 N–H and O–H groups in total. The lowest BCUT2D eigenvalue weighted by Crippen LogP contribution is -2.47. The third-order valence-electron chi connectivity index (χ3n) is 3.95. The molecule has 2 amide bonds. The van der Waals surface area contributed by atoms with Crippen LogP contribution in [0.1, 0.15) is 18.1 Å². The van der Waals surface area contributed by atoms with Gasteiger partial charge in [0.2, 0.25) is 0 Å². The van der Waals surface area contributed by atoms with E-state index in [2.05, 4.69) is 10.6 Å². The van der Waals surface area contributed by atoms with Crippen molar-refractivity contribution in [3.05, 3.63) is 65.5 Å². The van der Waals surface area contributed by atoms with Gasteiger partial charge in [-0.25, -0.2) is 4.39 Å². The molecule has 0 saturated carbocycles. The lowest BCUT2D eigenvalue weighted by Gasteiger charge is -2.23. The minimum Gasteiger partial charge on any atom is -0.497 e. The van der Waals surface area contributed by atoms with Crippen molar-refractivity contribution >= 4 is 11.8 Å². The number of nitrogens with one attached hydrogen (secondary N) is 2. The van der Waals surface area contributed by atoms with E-state index in [-0.39, 0.29) is 18.9 Å². The second-order valence-electron chi connectivity index (χ2n) is 6.51. The van der Waals surface area contributed by atoms with Crippen LogP contribution in [0.4, 0.5) is 4.39 Å². The van der Waals surface area contributed by atoms with Gasteiger partial charge < -0.3 is 20.5 Å². The Hall–Kier alpha value is -2.93. The van der Waals surface area contributed by atoms with Crippen molar-refractivity contribution in [3.8, 4) is 5.75 Å². The van der Waals surface area contributed by atoms with E-state index < -0.39 is 17.4 Å². The molecule has 1 atom stereocenters. The lowest BCUT2D eigenvalue weighted by atomic mass is 9.96. The molecule has 0 heterocycles. The number of amides is 2. The molecule has 27 heavy (non-hydrogen) atoms. The van der Waals surface area contributed by atoms with Crippen LogP contribution in [0.25, 0.3) is 0 Å². The number of hydrogen-bond acceptors (Lipinski definition) is 4. The van der Waals surface area contributed by atoms with E-state index >= 15 is 0 Å². The van der Waals surface area contributed by atoms with Crippen LogP contribution in [0.3, 0.4) is 0 Å². The molecule has 0 radical (unpaired) electrons. The molecular formula is C20H23FN2O4. The van der Waals surface area contributed by atoms with Crippen LogP contribution in [0, 0.1) is 5.82 Å². The van der Waals surface area contributed by atoms with Gasteiger partial charge in [-0.05, 0) is 42.3 Å². The summed E-state index contributed by atoms with van der Waals surface area (Å²) in [5.41, 5.74) is 0.321. The monoisotopic (exact) mass is 374 g/mol. The lowest BCUT2D eigenvalue weighted by molar-refractivity contribution is -0.139. The van der Waals surface area contributed by atoms with Gasteiger partial charge in [0.15, 0.2) is 0 Å². The number of ether oxygens (including phenoxy) is 1. The normalized spacial score (nSPS) is 12.7. The van der Waals surface area contributed by atoms with Crippen LogP contribution < -0.4 is 15.4 Å². The molecule has 0 aliphatic carbocycles. The Kier molecular flexibility index (Phi) is 6.90. The number of carbonyl (C=O) groups excluding carboxylic acids is 2. The summed E-state index contributed by atoms with van der Waals surface area (Å²) < 4.78 is 17.9. The molecule has 0 aromatic heterocycles. The standard InChI is InChI=1S/C20H23FN2O4/c1-20(26,11-14-5-9-17(27-2)10-6-14)13-23-19(25)18(24)22-12-15-3-7-16(21)8-4-15/h3-10,26H,11-13H2,1-2H3,(H,22,24)(H,23,25)/t20-/m1/s1. The first-order valence-corrected chi connectivity index (χ1v) is 8.45. The molecule has 0 bridgehead atoms. The van der Waals surface area contributed by atoms with E-state index in [4.69, 9.17) is 4.74 Å². The van der Waals surface area contributed by atoms with Gasteiger partial charge in [-0.2, -0.15) is 0 Å². The summed E-state index contributed by atoms with van der Waals surface area (Å²) in [5, 5.41) is 15.3. The fourth-order valence-electron chi connectivity index (χ4n) is 2.46. The van der Waals surface area contributed by atoms with Crippen molar-refractivity contribution in [1.82, 2.24) is 10.6 Å². The van der Waals surface area contributed by atoms with Gasteiger partial charge in [-0.15, -0.1) is 0 Å². The van der Waals surface area contributed by atoms with Crippen molar-refractivity contribution < 1.29 is 23.8 Å². The summed E-state index contributed by atoms with van der Waals surface area (Å²) in [6.45, 7) is 1.60. The Morgan fingerprint density at radius 2 is 1.56 bits per heavy atom. The van der Waals surface area contributed by atoms with Gasteiger partial charge in [-0.3, -0.25) is 9.59 Å². The van der Waals surface area contributed by atoms with Crippen molar-refractivity contribution in [2.24, 2.45) is 0 Å². The summed E-state index contributed by atoms with van der Waals surface area (Å²) in [6.07, 6.45) is 0.300. The molecule has 144 valence electrons. The van der Waals surface area contributed by atoms with E-state index in [1.54, 1.807) is 26.2 Å². The van der Waals surface area contributed by atoms with Crippen molar-refractivity contribution in [2.45, 2.75) is 25.5 Å². The number of rotatable bonds is 7. The highest BCUT2D eigenvalue weighted by Crippen LogP contribution is 2.16. The fourth-order valence-corrected chi connectivity index (χ4v) is 2.46. The second kappa shape index (κ2) is 9.14. The molecule has 0 aliphatic heterocycles. The maximum absolute atomic E-state index is 12.8. The minimum atomic E-state index is -1.22. The second-order valence-corrected chi connectivity index (χ2v) is 6.51. The van der Waals surface area contributed by atoms with Crippen molar-refractivity contribution in [1.29, 1.82) is 0 Å². The average Bonchev–Trinajstić information content (AvgIpc) is 2.65. The zero-order valence-corrected chi connectivity index (χ0v) is 15.3. The van der Waals surface area contributed by atoms with Crippen molar-refractivity contribution in [3.63, 3.8) is 0 Å². The van der Waals surface area contributed by atoms with Crippen LogP contribution in [0.5, 0.6) is 5.75 Å². The molecule has 7 heteroatoms. The number of aliphatic hydroxyl groups is 1. The number of methoxy groups -OCH3 is 1. The number of carbonyl (C=O) groups is 2. The molecule has 0 unspecified atom stereocenters. The Morgan fingerprint density at radius 1 is 1.00 bits per heavy atom. The first-order valence-electron chi connectivity index (χ1n) is 8.45. The fraction of sp³-hybridized carbons (Fsp3) is 0.300. The van der Waals surface area contributed by atoms with Crippen molar-refractivity contribution in [2.75, 3.05) is 13.7 Å². The topological polar surface area (TPSA) is 87.7 Å². The molecule has 2 rings (SSSR count). The predicted molar refractivity (Wildman–Crippen MR) is 98.6 cm³/mol. The number of hydrogen-bond donors (Lipinski definition) is 3. The van der Waals surface area contributed by atoms with Gasteiger partial charge in [0, 0.05) is 19.5 Å². The molecule has 6 nitrogen and oxygen atoms in total. The third kappa shape index (κ3) is 6.71. The third-order valence-corrected chi connectivity index (χ3v) is 3.95. The van der Waals surface area contributed by atoms with Crippen LogP contribution in [0.15, 0.2) is 48.5 Å². The van der Waals surface area contributed by atoms with Gasteiger partial charge >= 0.3 is 11.8 Å². The summed E-state index contributed by atoms with van der Waals surface area (Å²) in [5.74, 6) is -1.32. The number of halogens is 1. The largest absolute Gasteiger partial charge is 0.497 e. The zero-order chi connectivity index (χ0) is 19.9.